The van der Waals surface area contributed by atoms with Crippen molar-refractivity contribution >= 4 is 16.9 Å². The number of fused-ring (bicyclic) bond motifs is 6. The van der Waals surface area contributed by atoms with Crippen LogP contribution in [0.4, 0.5) is 0 Å². The van der Waals surface area contributed by atoms with Crippen LogP contribution in [0.15, 0.2) is 72.3 Å². The molecule has 4 heteroatoms. The average Bonchev–Trinajstić information content (AvgIpc) is 3.42. The highest BCUT2D eigenvalue weighted by atomic mass is 16.4. The zero-order valence-corrected chi connectivity index (χ0v) is 29.4. The largest absolute Gasteiger partial charge is 0.478 e. The number of nitrogens with zero attached hydrogens (tertiary/aromatic N) is 1. The van der Waals surface area contributed by atoms with Gasteiger partial charge in [0.2, 0.25) is 0 Å². The van der Waals surface area contributed by atoms with Crippen LogP contribution < -0.4 is 0 Å². The van der Waals surface area contributed by atoms with Gasteiger partial charge in [-0.1, -0.05) is 114 Å². The van der Waals surface area contributed by atoms with E-state index in [-0.39, 0.29) is 11.7 Å². The lowest BCUT2D eigenvalue weighted by Gasteiger charge is -2.58. The maximum Gasteiger partial charge on any atom is 0.337 e. The molecule has 8 atom stereocenters. The first-order valence-corrected chi connectivity index (χ1v) is 18.6. The Morgan fingerprint density at radius 1 is 0.915 bits per heavy atom. The van der Waals surface area contributed by atoms with Crippen LogP contribution in [0.1, 0.15) is 116 Å². The molecule has 3 saturated carbocycles. The summed E-state index contributed by atoms with van der Waals surface area (Å²) in [6.45, 7) is 12.6. The fraction of sp³-hybridized carbons (Fsp3) is 0.581. The highest BCUT2D eigenvalue weighted by Crippen LogP contribution is 2.67. The molecule has 3 fully saturated rings. The molecule has 0 spiro atoms. The Hall–Kier alpha value is -2.98. The number of hydrogen-bond donors (Lipinski definition) is 2. The Bertz CT molecular complexity index is 1580. The van der Waals surface area contributed by atoms with Gasteiger partial charge in [-0.2, -0.15) is 0 Å². The number of hydrogen-bond acceptors (Lipinski definition) is 3. The Kier molecular flexibility index (Phi) is 10.0. The van der Waals surface area contributed by atoms with Crippen molar-refractivity contribution in [1.29, 1.82) is 0 Å². The Labute approximate surface area is 283 Å². The van der Waals surface area contributed by atoms with E-state index in [0.717, 1.165) is 64.8 Å². The van der Waals surface area contributed by atoms with Crippen LogP contribution >= 0.6 is 0 Å². The number of para-hydroxylation sites is 1. The summed E-state index contributed by atoms with van der Waals surface area (Å²) in [5, 5.41) is 20.4. The molecule has 4 nitrogen and oxygen atoms in total. The van der Waals surface area contributed by atoms with E-state index in [4.69, 9.17) is 0 Å². The van der Waals surface area contributed by atoms with Crippen molar-refractivity contribution in [2.45, 2.75) is 111 Å². The SMILES string of the molecule is CC(C)CCCC(C)[C@H]1CC[C@H]2[C@@H]3CC=C4C[C@@H](O)CC[C@]4(C)[C@H]3CC[C@]12C.O=C(O)c1cc2ccccc2nc1-c1ccccc1. The third kappa shape index (κ3) is 6.69. The van der Waals surface area contributed by atoms with Gasteiger partial charge in [-0.25, -0.2) is 9.78 Å². The van der Waals surface area contributed by atoms with E-state index in [2.05, 4.69) is 45.7 Å². The first kappa shape index (κ1) is 33.9. The van der Waals surface area contributed by atoms with Crippen LogP contribution in [0.25, 0.3) is 22.2 Å². The molecule has 0 aliphatic heterocycles. The molecular weight excluding hydrogens is 578 g/mol. The molecule has 0 bridgehead atoms. The van der Waals surface area contributed by atoms with Crippen molar-refractivity contribution in [2.75, 3.05) is 0 Å². The lowest BCUT2D eigenvalue weighted by Crippen LogP contribution is -2.50. The molecule has 4 aliphatic carbocycles. The van der Waals surface area contributed by atoms with Gasteiger partial charge in [0.25, 0.3) is 0 Å². The average molecular weight is 636 g/mol. The molecule has 0 radical (unpaired) electrons. The Morgan fingerprint density at radius 3 is 2.40 bits per heavy atom. The zero-order chi connectivity index (χ0) is 33.3. The summed E-state index contributed by atoms with van der Waals surface area (Å²) >= 11 is 0. The number of carbonyl (C=O) groups is 1. The van der Waals surface area contributed by atoms with E-state index >= 15 is 0 Å². The van der Waals surface area contributed by atoms with Gasteiger partial charge >= 0.3 is 5.97 Å². The zero-order valence-electron chi connectivity index (χ0n) is 29.4. The number of pyridine rings is 1. The molecule has 4 aliphatic rings. The molecule has 3 aromatic rings. The highest BCUT2D eigenvalue weighted by molar-refractivity contribution is 5.99. The highest BCUT2D eigenvalue weighted by Gasteiger charge is 2.59. The number of rotatable bonds is 7. The summed E-state index contributed by atoms with van der Waals surface area (Å²) in [6, 6.07) is 18.6. The maximum absolute atomic E-state index is 11.4. The number of allylic oxidation sites excluding steroid dienone is 1. The van der Waals surface area contributed by atoms with Gasteiger partial charge in [0.05, 0.1) is 22.9 Å². The van der Waals surface area contributed by atoms with Gasteiger partial charge in [-0.05, 0) is 110 Å². The number of carboxylic acid groups (broad SMARTS) is 1. The van der Waals surface area contributed by atoms with Gasteiger partial charge in [-0.15, -0.1) is 0 Å². The summed E-state index contributed by atoms with van der Waals surface area (Å²) in [5.74, 6) is 4.50. The third-order valence-electron chi connectivity index (χ3n) is 13.3. The second-order valence-corrected chi connectivity index (χ2v) is 16.4. The van der Waals surface area contributed by atoms with Crippen molar-refractivity contribution in [1.82, 2.24) is 4.98 Å². The number of benzene rings is 2. The molecule has 2 N–H and O–H groups in total. The summed E-state index contributed by atoms with van der Waals surface area (Å²) < 4.78 is 0. The van der Waals surface area contributed by atoms with Crippen LogP contribution in [0.3, 0.4) is 0 Å². The number of aromatic nitrogens is 1. The third-order valence-corrected chi connectivity index (χ3v) is 13.3. The normalized spacial score (nSPS) is 32.0. The van der Waals surface area contributed by atoms with Crippen LogP contribution in [-0.2, 0) is 0 Å². The predicted octanol–water partition coefficient (Wildman–Crippen LogP) is 11.0. The minimum Gasteiger partial charge on any atom is -0.478 e. The first-order chi connectivity index (χ1) is 22.5. The molecule has 2 aromatic carbocycles. The number of aliphatic hydroxyl groups excluding tert-OH is 1. The van der Waals surface area contributed by atoms with Crippen LogP contribution in [0.5, 0.6) is 0 Å². The molecular formula is C43H57NO3. The van der Waals surface area contributed by atoms with Crippen molar-refractivity contribution in [3.05, 3.63) is 77.9 Å². The molecule has 0 amide bonds. The van der Waals surface area contributed by atoms with E-state index in [9.17, 15) is 15.0 Å². The lowest BCUT2D eigenvalue weighted by molar-refractivity contribution is -0.0573. The second kappa shape index (κ2) is 13.9. The summed E-state index contributed by atoms with van der Waals surface area (Å²) in [5.41, 5.74) is 4.94. The number of aliphatic hydroxyl groups is 1. The van der Waals surface area contributed by atoms with Crippen LogP contribution in [-0.4, -0.2) is 27.3 Å². The molecule has 252 valence electrons. The topological polar surface area (TPSA) is 70.4 Å². The number of carboxylic acids is 1. The first-order valence-electron chi connectivity index (χ1n) is 18.6. The van der Waals surface area contributed by atoms with Gasteiger partial charge in [0.1, 0.15) is 0 Å². The molecule has 47 heavy (non-hydrogen) atoms. The van der Waals surface area contributed by atoms with E-state index in [1.54, 1.807) is 11.6 Å². The van der Waals surface area contributed by atoms with Crippen LogP contribution in [0.2, 0.25) is 0 Å². The molecule has 1 unspecified atom stereocenters. The van der Waals surface area contributed by atoms with Crippen molar-refractivity contribution < 1.29 is 15.0 Å². The van der Waals surface area contributed by atoms with E-state index in [1.807, 2.05) is 54.6 Å². The maximum atomic E-state index is 11.4. The van der Waals surface area contributed by atoms with Crippen molar-refractivity contribution in [3.63, 3.8) is 0 Å². The van der Waals surface area contributed by atoms with E-state index < -0.39 is 5.97 Å². The summed E-state index contributed by atoms with van der Waals surface area (Å²) in [6.07, 6.45) is 17.2. The van der Waals surface area contributed by atoms with Gasteiger partial charge in [0.15, 0.2) is 0 Å². The monoisotopic (exact) mass is 635 g/mol. The standard InChI is InChI=1S/C27H46O.C16H11NO2/c1-18(2)7-6-8-19(3)23-11-12-24-22-10-9-20-17-21(28)13-15-26(20,4)25(22)14-16-27(23,24)5;18-16(19)13-10-12-8-4-5-9-14(12)17-15(13)11-6-2-1-3-7-11/h9,18-19,21-25,28H,6-8,10-17H2,1-5H3;1-10H,(H,18,19)/t19?,21-,22-,23+,24-,25-,26-,27+;/m0./s1. The van der Waals surface area contributed by atoms with E-state index in [0.29, 0.717) is 16.5 Å². The van der Waals surface area contributed by atoms with E-state index in [1.165, 1.54) is 57.8 Å². The molecule has 0 saturated heterocycles. The number of aromatic carboxylic acids is 1. The Morgan fingerprint density at radius 2 is 1.66 bits per heavy atom. The molecule has 7 rings (SSSR count). The molecule has 1 aromatic heterocycles. The minimum atomic E-state index is -0.961. The van der Waals surface area contributed by atoms with Crippen molar-refractivity contribution in [3.8, 4) is 11.3 Å². The summed E-state index contributed by atoms with van der Waals surface area (Å²) in [7, 11) is 0. The lowest BCUT2D eigenvalue weighted by atomic mass is 9.47. The smallest absolute Gasteiger partial charge is 0.337 e. The second-order valence-electron chi connectivity index (χ2n) is 16.4. The molecule has 1 heterocycles. The van der Waals surface area contributed by atoms with Gasteiger partial charge < -0.3 is 10.2 Å². The van der Waals surface area contributed by atoms with Gasteiger partial charge in [0, 0.05) is 10.9 Å². The fourth-order valence-electron chi connectivity index (χ4n) is 10.8. The Balaban J connectivity index is 0.000000177. The quantitative estimate of drug-likeness (QED) is 0.253. The van der Waals surface area contributed by atoms with Crippen LogP contribution in [0, 0.1) is 46.3 Å². The summed E-state index contributed by atoms with van der Waals surface area (Å²) in [4.78, 5) is 15.9. The predicted molar refractivity (Wildman–Crippen MR) is 193 cm³/mol. The fourth-order valence-corrected chi connectivity index (χ4v) is 10.8. The minimum absolute atomic E-state index is 0.0766. The van der Waals surface area contributed by atoms with Gasteiger partial charge in [-0.3, -0.25) is 0 Å². The van der Waals surface area contributed by atoms with Crippen molar-refractivity contribution in [2.24, 2.45) is 46.3 Å².